The molecule has 0 aliphatic heterocycles. The Morgan fingerprint density at radius 2 is 1.52 bits per heavy atom. The van der Waals surface area contributed by atoms with Crippen molar-refractivity contribution in [2.24, 2.45) is 11.8 Å². The summed E-state index contributed by atoms with van der Waals surface area (Å²) in [5, 5.41) is 0. The lowest BCUT2D eigenvalue weighted by Crippen LogP contribution is -2.32. The molecule has 7 heteroatoms. The molecule has 0 heterocycles. The zero-order valence-electron chi connectivity index (χ0n) is 25.4. The SMILES string of the molecule is CCCCCOCCCOc1ccc(C2CCc3cc(OCCCCCC(CC)C4CC4)c(F)c(F)c3C2(F)F)cc1. The Morgan fingerprint density at radius 1 is 0.810 bits per heavy atom. The summed E-state index contributed by atoms with van der Waals surface area (Å²) < 4.78 is 78.3. The van der Waals surface area contributed by atoms with Crippen molar-refractivity contribution in [3.63, 3.8) is 0 Å². The molecule has 2 unspecified atom stereocenters. The number of fused-ring (bicyclic) bond motifs is 1. The van der Waals surface area contributed by atoms with E-state index in [0.717, 1.165) is 63.4 Å². The topological polar surface area (TPSA) is 27.7 Å². The van der Waals surface area contributed by atoms with Gasteiger partial charge in [-0.3, -0.25) is 0 Å². The number of ether oxygens (including phenoxy) is 3. The van der Waals surface area contributed by atoms with E-state index in [2.05, 4.69) is 13.8 Å². The molecule has 4 rings (SSSR count). The summed E-state index contributed by atoms with van der Waals surface area (Å²) in [6.45, 7) is 6.47. The maximum Gasteiger partial charge on any atom is 0.283 e. The summed E-state index contributed by atoms with van der Waals surface area (Å²) in [5.41, 5.74) is -0.338. The van der Waals surface area contributed by atoms with E-state index in [9.17, 15) is 4.39 Å². The lowest BCUT2D eigenvalue weighted by molar-refractivity contribution is -0.0474. The highest BCUT2D eigenvalue weighted by atomic mass is 19.3. The average molecular weight is 593 g/mol. The van der Waals surface area contributed by atoms with E-state index in [0.29, 0.717) is 24.5 Å². The van der Waals surface area contributed by atoms with Crippen molar-refractivity contribution in [3.05, 3.63) is 58.7 Å². The van der Waals surface area contributed by atoms with E-state index < -0.39 is 29.0 Å². The first kappa shape index (κ1) is 32.6. The van der Waals surface area contributed by atoms with Gasteiger partial charge in [0, 0.05) is 19.6 Å². The Morgan fingerprint density at radius 3 is 2.24 bits per heavy atom. The van der Waals surface area contributed by atoms with Crippen molar-refractivity contribution >= 4 is 0 Å². The van der Waals surface area contributed by atoms with E-state index in [1.54, 1.807) is 24.3 Å². The molecule has 234 valence electrons. The predicted molar refractivity (Wildman–Crippen MR) is 159 cm³/mol. The normalized spacial score (nSPS) is 18.5. The maximum absolute atomic E-state index is 15.7. The third-order valence-electron chi connectivity index (χ3n) is 8.89. The van der Waals surface area contributed by atoms with Crippen LogP contribution < -0.4 is 9.47 Å². The van der Waals surface area contributed by atoms with Gasteiger partial charge in [0.05, 0.1) is 24.7 Å². The number of hydrogen-bond acceptors (Lipinski definition) is 3. The van der Waals surface area contributed by atoms with Crippen molar-refractivity contribution < 1.29 is 31.8 Å². The van der Waals surface area contributed by atoms with Gasteiger partial charge < -0.3 is 14.2 Å². The molecule has 0 spiro atoms. The van der Waals surface area contributed by atoms with E-state index in [1.807, 2.05) is 0 Å². The number of halogens is 4. The molecular formula is C35H48F4O3. The number of aryl methyl sites for hydroxylation is 1. The molecule has 1 saturated carbocycles. The Labute approximate surface area is 249 Å². The molecule has 0 amide bonds. The van der Waals surface area contributed by atoms with Crippen molar-refractivity contribution in [2.75, 3.05) is 26.4 Å². The number of unbranched alkanes of at least 4 members (excludes halogenated alkanes) is 4. The largest absolute Gasteiger partial charge is 0.494 e. The summed E-state index contributed by atoms with van der Waals surface area (Å²) in [6, 6.07) is 7.79. The number of alkyl halides is 2. The first-order valence-electron chi connectivity index (χ1n) is 16.2. The minimum atomic E-state index is -3.55. The van der Waals surface area contributed by atoms with Gasteiger partial charge in [-0.2, -0.15) is 4.39 Å². The third-order valence-corrected chi connectivity index (χ3v) is 8.89. The van der Waals surface area contributed by atoms with E-state index in [1.165, 1.54) is 31.7 Å². The molecule has 0 bridgehead atoms. The van der Waals surface area contributed by atoms with Gasteiger partial charge in [-0.1, -0.05) is 64.5 Å². The van der Waals surface area contributed by atoms with Gasteiger partial charge in [0.2, 0.25) is 5.82 Å². The maximum atomic E-state index is 15.7. The predicted octanol–water partition coefficient (Wildman–Crippen LogP) is 10.1. The summed E-state index contributed by atoms with van der Waals surface area (Å²) >= 11 is 0. The highest BCUT2D eigenvalue weighted by molar-refractivity contribution is 5.45. The molecule has 0 saturated heterocycles. The number of rotatable bonds is 19. The Balaban J connectivity index is 1.28. The van der Waals surface area contributed by atoms with E-state index in [-0.39, 0.29) is 30.8 Å². The second kappa shape index (κ2) is 16.0. The molecule has 0 N–H and O–H groups in total. The van der Waals surface area contributed by atoms with Crippen LogP contribution >= 0.6 is 0 Å². The van der Waals surface area contributed by atoms with Gasteiger partial charge in [0.15, 0.2) is 11.6 Å². The Bertz CT molecular complexity index is 1100. The van der Waals surface area contributed by atoms with Crippen LogP contribution in [0.3, 0.4) is 0 Å². The zero-order chi connectivity index (χ0) is 30.0. The number of hydrogen-bond donors (Lipinski definition) is 0. The molecule has 2 aliphatic carbocycles. The molecule has 0 radical (unpaired) electrons. The quantitative estimate of drug-likeness (QED) is 0.120. The van der Waals surface area contributed by atoms with Crippen LogP contribution in [-0.2, 0) is 17.1 Å². The highest BCUT2D eigenvalue weighted by Crippen LogP contribution is 2.51. The van der Waals surface area contributed by atoms with Crippen LogP contribution in [0.1, 0.15) is 114 Å². The van der Waals surface area contributed by atoms with Crippen LogP contribution in [0.2, 0.25) is 0 Å². The lowest BCUT2D eigenvalue weighted by atomic mass is 9.76. The van der Waals surface area contributed by atoms with Crippen molar-refractivity contribution in [1.82, 2.24) is 0 Å². The molecule has 2 aromatic carbocycles. The molecule has 3 nitrogen and oxygen atoms in total. The summed E-state index contributed by atoms with van der Waals surface area (Å²) in [7, 11) is 0. The van der Waals surface area contributed by atoms with Gasteiger partial charge in [-0.15, -0.1) is 0 Å². The minimum absolute atomic E-state index is 0.122. The van der Waals surface area contributed by atoms with Crippen LogP contribution in [0.15, 0.2) is 30.3 Å². The standard InChI is InChI=1S/C35H48F4O3/c1-3-5-8-20-40-21-10-23-41-29-17-14-27(15-18-29)30-19-16-28-24-31(33(36)34(37)32(28)35(30,38)39)42-22-9-6-7-11-25(4-2)26-12-13-26/h14-15,17-18,24-26,30H,3-13,16,19-23H2,1-2H3. The van der Waals surface area contributed by atoms with Crippen LogP contribution in [0.25, 0.3) is 0 Å². The number of benzene rings is 2. The van der Waals surface area contributed by atoms with Gasteiger partial charge in [0.25, 0.3) is 5.92 Å². The first-order valence-corrected chi connectivity index (χ1v) is 16.2. The fourth-order valence-electron chi connectivity index (χ4n) is 6.26. The Kier molecular flexibility index (Phi) is 12.4. The molecule has 0 aromatic heterocycles. The monoisotopic (exact) mass is 592 g/mol. The zero-order valence-corrected chi connectivity index (χ0v) is 25.4. The van der Waals surface area contributed by atoms with Crippen LogP contribution in [-0.4, -0.2) is 26.4 Å². The highest BCUT2D eigenvalue weighted by Gasteiger charge is 2.49. The van der Waals surface area contributed by atoms with E-state index >= 15 is 13.2 Å². The fraction of sp³-hybridized carbons (Fsp3) is 0.657. The molecular weight excluding hydrogens is 544 g/mol. The van der Waals surface area contributed by atoms with Gasteiger partial charge in [0.1, 0.15) is 5.75 Å². The van der Waals surface area contributed by atoms with Crippen molar-refractivity contribution in [2.45, 2.75) is 109 Å². The molecule has 2 atom stereocenters. The van der Waals surface area contributed by atoms with Crippen LogP contribution in [0.4, 0.5) is 17.6 Å². The lowest BCUT2D eigenvalue weighted by Gasteiger charge is -2.34. The second-order valence-corrected chi connectivity index (χ2v) is 12.0. The minimum Gasteiger partial charge on any atom is -0.494 e. The summed E-state index contributed by atoms with van der Waals surface area (Å²) in [4.78, 5) is 0. The van der Waals surface area contributed by atoms with Crippen molar-refractivity contribution in [3.8, 4) is 11.5 Å². The summed E-state index contributed by atoms with van der Waals surface area (Å²) in [5.74, 6) is -5.62. The average Bonchev–Trinajstić information content (AvgIpc) is 3.82. The van der Waals surface area contributed by atoms with E-state index in [4.69, 9.17) is 14.2 Å². The second-order valence-electron chi connectivity index (χ2n) is 12.0. The van der Waals surface area contributed by atoms with Crippen LogP contribution in [0, 0.1) is 23.5 Å². The molecule has 42 heavy (non-hydrogen) atoms. The summed E-state index contributed by atoms with van der Waals surface area (Å²) in [6.07, 6.45) is 12.3. The van der Waals surface area contributed by atoms with Crippen LogP contribution in [0.5, 0.6) is 11.5 Å². The van der Waals surface area contributed by atoms with Crippen molar-refractivity contribution in [1.29, 1.82) is 0 Å². The molecule has 2 aromatic rings. The first-order chi connectivity index (χ1) is 20.4. The van der Waals surface area contributed by atoms with Gasteiger partial charge in [-0.25, -0.2) is 13.2 Å². The molecule has 1 fully saturated rings. The van der Waals surface area contributed by atoms with Gasteiger partial charge in [-0.05, 0) is 79.7 Å². The third kappa shape index (κ3) is 8.64. The smallest absolute Gasteiger partial charge is 0.283 e. The fourth-order valence-corrected chi connectivity index (χ4v) is 6.26. The van der Waals surface area contributed by atoms with Gasteiger partial charge >= 0.3 is 0 Å². The molecule has 2 aliphatic rings. The Hall–Kier alpha value is -2.28.